The first kappa shape index (κ1) is 21.5. The predicted molar refractivity (Wildman–Crippen MR) is 117 cm³/mol. The van der Waals surface area contributed by atoms with Gasteiger partial charge in [0.05, 0.1) is 5.69 Å². The summed E-state index contributed by atoms with van der Waals surface area (Å²) >= 11 is 0. The Balaban J connectivity index is 1.51. The van der Waals surface area contributed by atoms with Crippen LogP contribution in [0.2, 0.25) is 0 Å². The maximum Gasteiger partial charge on any atom is 0.272 e. The standard InChI is InChI=1S/C23H32N6O2/c1-27-18-9-10-20-19(15-18)22(26-28(20)2)23(31)25-12-6-14-29(13-5-8-21(27)30)16-17-7-3-4-11-24-17/h3-4,7,11,18H,5-6,8-10,12-16H2,1-2H3,(H,25,31). The first-order valence-corrected chi connectivity index (χ1v) is 11.2. The van der Waals surface area contributed by atoms with Crippen molar-refractivity contribution in [2.24, 2.45) is 7.05 Å². The maximum absolute atomic E-state index is 12.9. The summed E-state index contributed by atoms with van der Waals surface area (Å²) in [5.41, 5.74) is 3.66. The van der Waals surface area contributed by atoms with Gasteiger partial charge in [0.2, 0.25) is 5.91 Å². The Morgan fingerprint density at radius 1 is 1.13 bits per heavy atom. The minimum atomic E-state index is -0.113. The van der Waals surface area contributed by atoms with Crippen LogP contribution in [0.25, 0.3) is 0 Å². The van der Waals surface area contributed by atoms with Gasteiger partial charge in [-0.3, -0.25) is 24.2 Å². The molecule has 8 nitrogen and oxygen atoms in total. The lowest BCUT2D eigenvalue weighted by Gasteiger charge is -2.32. The van der Waals surface area contributed by atoms with Crippen molar-refractivity contribution in [3.05, 3.63) is 47.0 Å². The summed E-state index contributed by atoms with van der Waals surface area (Å²) in [6.45, 7) is 3.02. The van der Waals surface area contributed by atoms with Crippen LogP contribution in [0.4, 0.5) is 0 Å². The van der Waals surface area contributed by atoms with Gasteiger partial charge >= 0.3 is 0 Å². The summed E-state index contributed by atoms with van der Waals surface area (Å²) < 4.78 is 1.83. The molecule has 1 unspecified atom stereocenters. The lowest BCUT2D eigenvalue weighted by Crippen LogP contribution is -2.41. The Kier molecular flexibility index (Phi) is 6.65. The molecule has 3 heterocycles. The number of aromatic nitrogens is 3. The van der Waals surface area contributed by atoms with Crippen LogP contribution in [0.15, 0.2) is 24.4 Å². The van der Waals surface area contributed by atoms with Crippen LogP contribution in [0.1, 0.15) is 53.1 Å². The van der Waals surface area contributed by atoms with Crippen LogP contribution < -0.4 is 5.32 Å². The first-order chi connectivity index (χ1) is 15.0. The van der Waals surface area contributed by atoms with E-state index in [0.29, 0.717) is 25.1 Å². The van der Waals surface area contributed by atoms with Crippen molar-refractivity contribution >= 4 is 11.8 Å². The highest BCUT2D eigenvalue weighted by Crippen LogP contribution is 2.27. The predicted octanol–water partition coefficient (Wildman–Crippen LogP) is 1.55. The molecule has 0 fully saturated rings. The Hall–Kier alpha value is -2.74. The van der Waals surface area contributed by atoms with Crippen molar-refractivity contribution in [2.45, 2.75) is 51.1 Å². The van der Waals surface area contributed by atoms with E-state index >= 15 is 0 Å². The van der Waals surface area contributed by atoms with Crippen molar-refractivity contribution in [3.63, 3.8) is 0 Å². The lowest BCUT2D eigenvalue weighted by atomic mass is 9.90. The summed E-state index contributed by atoms with van der Waals surface area (Å²) in [6.07, 6.45) is 6.44. The molecule has 0 spiro atoms. The van der Waals surface area contributed by atoms with Gasteiger partial charge in [-0.15, -0.1) is 0 Å². The molecule has 0 aromatic carbocycles. The van der Waals surface area contributed by atoms with Gasteiger partial charge in [0.25, 0.3) is 5.91 Å². The maximum atomic E-state index is 12.9. The number of likely N-dealkylation sites (N-methyl/N-ethyl adjacent to an activating group) is 1. The van der Waals surface area contributed by atoms with Crippen LogP contribution in [-0.4, -0.2) is 69.1 Å². The third kappa shape index (κ3) is 4.95. The fraction of sp³-hybridized carbons (Fsp3) is 0.565. The monoisotopic (exact) mass is 424 g/mol. The van der Waals surface area contributed by atoms with E-state index in [2.05, 4.69) is 20.3 Å². The third-order valence-electron chi connectivity index (χ3n) is 6.50. The number of rotatable bonds is 2. The third-order valence-corrected chi connectivity index (χ3v) is 6.50. The molecule has 1 atom stereocenters. The second-order valence-corrected chi connectivity index (χ2v) is 8.61. The van der Waals surface area contributed by atoms with E-state index in [4.69, 9.17) is 0 Å². The topological polar surface area (TPSA) is 83.4 Å². The number of aryl methyl sites for hydroxylation is 1. The Morgan fingerprint density at radius 2 is 1.97 bits per heavy atom. The van der Waals surface area contributed by atoms with Crippen molar-refractivity contribution in [3.8, 4) is 0 Å². The average molecular weight is 425 g/mol. The van der Waals surface area contributed by atoms with E-state index in [-0.39, 0.29) is 17.9 Å². The van der Waals surface area contributed by atoms with Crippen molar-refractivity contribution in [2.75, 3.05) is 26.7 Å². The highest BCUT2D eigenvalue weighted by Gasteiger charge is 2.31. The molecule has 2 aromatic heterocycles. The van der Waals surface area contributed by atoms with Gasteiger partial charge in [-0.25, -0.2) is 0 Å². The number of fused-ring (bicyclic) bond motifs is 1. The number of carbonyl (C=O) groups excluding carboxylic acids is 2. The number of nitrogens with one attached hydrogen (secondary N) is 1. The van der Waals surface area contributed by atoms with Crippen LogP contribution in [0.5, 0.6) is 0 Å². The molecule has 166 valence electrons. The molecule has 0 radical (unpaired) electrons. The molecule has 1 aliphatic carbocycles. The average Bonchev–Trinajstić information content (AvgIpc) is 3.11. The van der Waals surface area contributed by atoms with E-state index in [0.717, 1.165) is 62.3 Å². The molecule has 0 saturated heterocycles. The lowest BCUT2D eigenvalue weighted by molar-refractivity contribution is -0.132. The molecular weight excluding hydrogens is 392 g/mol. The summed E-state index contributed by atoms with van der Waals surface area (Å²) in [6, 6.07) is 6.05. The van der Waals surface area contributed by atoms with Crippen molar-refractivity contribution in [1.82, 2.24) is 29.9 Å². The molecule has 2 aromatic rings. The van der Waals surface area contributed by atoms with E-state index in [1.807, 2.05) is 48.1 Å². The SMILES string of the molecule is CN1C(=O)CCCN(Cc2ccccn2)CCCNC(=O)c2nn(C)c3c2CC1CC3. The molecule has 2 aliphatic rings. The molecule has 31 heavy (non-hydrogen) atoms. The van der Waals surface area contributed by atoms with Gasteiger partial charge in [0.15, 0.2) is 5.69 Å². The largest absolute Gasteiger partial charge is 0.351 e. The van der Waals surface area contributed by atoms with E-state index in [1.165, 1.54) is 0 Å². The second-order valence-electron chi connectivity index (χ2n) is 8.61. The van der Waals surface area contributed by atoms with E-state index in [1.54, 1.807) is 0 Å². The molecular formula is C23H32N6O2. The van der Waals surface area contributed by atoms with Gasteiger partial charge < -0.3 is 10.2 Å². The van der Waals surface area contributed by atoms with Gasteiger partial charge in [-0.1, -0.05) is 6.07 Å². The number of hydrogen-bond donors (Lipinski definition) is 1. The Morgan fingerprint density at radius 3 is 2.77 bits per heavy atom. The van der Waals surface area contributed by atoms with Gasteiger partial charge in [0, 0.05) is 63.6 Å². The summed E-state index contributed by atoms with van der Waals surface area (Å²) in [5.74, 6) is 0.0635. The molecule has 0 saturated carbocycles. The van der Waals surface area contributed by atoms with E-state index < -0.39 is 0 Å². The highest BCUT2D eigenvalue weighted by atomic mass is 16.2. The van der Waals surface area contributed by atoms with E-state index in [9.17, 15) is 9.59 Å². The van der Waals surface area contributed by atoms with Crippen LogP contribution in [0.3, 0.4) is 0 Å². The Labute approximate surface area is 183 Å². The number of carbonyl (C=O) groups is 2. The molecule has 2 amide bonds. The van der Waals surface area contributed by atoms with Gasteiger partial charge in [-0.05, 0) is 50.8 Å². The zero-order valence-electron chi connectivity index (χ0n) is 18.5. The number of hydrogen-bond acceptors (Lipinski definition) is 5. The fourth-order valence-corrected chi connectivity index (χ4v) is 4.70. The van der Waals surface area contributed by atoms with Crippen molar-refractivity contribution < 1.29 is 9.59 Å². The first-order valence-electron chi connectivity index (χ1n) is 11.2. The molecule has 2 bridgehead atoms. The van der Waals surface area contributed by atoms with Gasteiger partial charge in [-0.2, -0.15) is 5.10 Å². The molecule has 1 aliphatic heterocycles. The summed E-state index contributed by atoms with van der Waals surface area (Å²) in [7, 11) is 3.80. The summed E-state index contributed by atoms with van der Waals surface area (Å²) in [4.78, 5) is 34.4. The molecule has 8 heteroatoms. The minimum Gasteiger partial charge on any atom is -0.351 e. The highest BCUT2D eigenvalue weighted by molar-refractivity contribution is 5.94. The fourth-order valence-electron chi connectivity index (χ4n) is 4.70. The smallest absolute Gasteiger partial charge is 0.272 e. The van der Waals surface area contributed by atoms with Gasteiger partial charge in [0.1, 0.15) is 0 Å². The van der Waals surface area contributed by atoms with Crippen LogP contribution >= 0.6 is 0 Å². The zero-order valence-corrected chi connectivity index (χ0v) is 18.5. The van der Waals surface area contributed by atoms with Crippen LogP contribution in [0, 0.1) is 0 Å². The molecule has 1 N–H and O–H groups in total. The molecule has 4 rings (SSSR count). The second kappa shape index (κ2) is 9.60. The Bertz CT molecular complexity index is 926. The van der Waals surface area contributed by atoms with Crippen LogP contribution in [-0.2, 0) is 31.2 Å². The normalized spacial score (nSPS) is 21.4. The number of nitrogens with zero attached hydrogens (tertiary/aromatic N) is 5. The zero-order chi connectivity index (χ0) is 21.8. The number of pyridine rings is 1. The minimum absolute atomic E-state index is 0.113. The number of amides is 2. The summed E-state index contributed by atoms with van der Waals surface area (Å²) in [5, 5.41) is 7.57. The quantitative estimate of drug-likeness (QED) is 0.791. The van der Waals surface area contributed by atoms with Crippen molar-refractivity contribution in [1.29, 1.82) is 0 Å².